The summed E-state index contributed by atoms with van der Waals surface area (Å²) in [5, 5.41) is 0. The largest absolute Gasteiger partial charge is 0.460 e. The van der Waals surface area contributed by atoms with E-state index in [1.807, 2.05) is 0 Å². The summed E-state index contributed by atoms with van der Waals surface area (Å²) in [7, 11) is 0. The maximum atomic E-state index is 11.6. The smallest absolute Gasteiger partial charge is 0.324 e. The molecule has 1 spiro atoms. The minimum Gasteiger partial charge on any atom is -0.460 e. The molecule has 6 heteroatoms. The van der Waals surface area contributed by atoms with Gasteiger partial charge in [0.25, 0.3) is 0 Å². The van der Waals surface area contributed by atoms with Crippen LogP contribution in [0.3, 0.4) is 0 Å². The van der Waals surface area contributed by atoms with E-state index >= 15 is 0 Å². The SMILES string of the molecule is O=C1O[C@@H](CCl)CC12C[C@H](CCl)OC2=O. The van der Waals surface area contributed by atoms with E-state index in [0.717, 1.165) is 0 Å². The lowest BCUT2D eigenvalue weighted by Gasteiger charge is -2.10. The lowest BCUT2D eigenvalue weighted by Crippen LogP contribution is -2.31. The van der Waals surface area contributed by atoms with Crippen LogP contribution in [0.15, 0.2) is 0 Å². The third-order valence-corrected chi connectivity index (χ3v) is 3.51. The molecular weight excluding hydrogens is 243 g/mol. The van der Waals surface area contributed by atoms with Crippen molar-refractivity contribution in [3.8, 4) is 0 Å². The summed E-state index contributed by atoms with van der Waals surface area (Å²) >= 11 is 11.2. The first kappa shape index (κ1) is 11.0. The Morgan fingerprint density at radius 3 is 1.73 bits per heavy atom. The van der Waals surface area contributed by atoms with E-state index in [1.165, 1.54) is 0 Å². The van der Waals surface area contributed by atoms with Gasteiger partial charge in [-0.25, -0.2) is 0 Å². The molecule has 0 aliphatic carbocycles. The highest BCUT2D eigenvalue weighted by Gasteiger charge is 2.61. The zero-order valence-electron chi connectivity index (χ0n) is 7.87. The molecule has 4 nitrogen and oxygen atoms in total. The summed E-state index contributed by atoms with van der Waals surface area (Å²) in [5.41, 5.74) is -1.14. The first-order chi connectivity index (χ1) is 7.12. The molecule has 2 fully saturated rings. The fourth-order valence-electron chi connectivity index (χ4n) is 2.06. The van der Waals surface area contributed by atoms with Gasteiger partial charge in [0.05, 0.1) is 11.8 Å². The normalized spacial score (nSPS) is 33.2. The minimum atomic E-state index is -1.14. The van der Waals surface area contributed by atoms with Crippen molar-refractivity contribution >= 4 is 35.1 Å². The Bertz CT molecular complexity index is 274. The van der Waals surface area contributed by atoms with Crippen molar-refractivity contribution in [3.05, 3.63) is 0 Å². The molecule has 0 amide bonds. The van der Waals surface area contributed by atoms with Crippen LogP contribution in [0.4, 0.5) is 0 Å². The van der Waals surface area contributed by atoms with Gasteiger partial charge in [-0.05, 0) is 0 Å². The molecule has 2 atom stereocenters. The highest BCUT2D eigenvalue weighted by atomic mass is 35.5. The van der Waals surface area contributed by atoms with E-state index in [9.17, 15) is 9.59 Å². The highest BCUT2D eigenvalue weighted by molar-refractivity contribution is 6.19. The summed E-state index contributed by atoms with van der Waals surface area (Å²) in [6.45, 7) is 0. The van der Waals surface area contributed by atoms with E-state index < -0.39 is 17.4 Å². The number of alkyl halides is 2. The Kier molecular flexibility index (Phi) is 2.81. The van der Waals surface area contributed by atoms with Crippen molar-refractivity contribution in [2.24, 2.45) is 5.41 Å². The number of cyclic esters (lactones) is 2. The number of hydrogen-bond acceptors (Lipinski definition) is 4. The Morgan fingerprint density at radius 1 is 1.07 bits per heavy atom. The molecular formula is C9H10Cl2O4. The summed E-state index contributed by atoms with van der Waals surface area (Å²) in [6.07, 6.45) is -0.162. The topological polar surface area (TPSA) is 52.6 Å². The molecule has 0 radical (unpaired) electrons. The van der Waals surface area contributed by atoms with Crippen molar-refractivity contribution in [1.82, 2.24) is 0 Å². The summed E-state index contributed by atoms with van der Waals surface area (Å²) in [4.78, 5) is 23.2. The number of ether oxygens (including phenoxy) is 2. The number of carbonyl (C=O) groups is 2. The van der Waals surface area contributed by atoms with Crippen molar-refractivity contribution < 1.29 is 19.1 Å². The summed E-state index contributed by atoms with van der Waals surface area (Å²) in [6, 6.07) is 0. The predicted molar refractivity (Wildman–Crippen MR) is 52.9 cm³/mol. The van der Waals surface area contributed by atoms with E-state index in [4.69, 9.17) is 32.7 Å². The molecule has 2 aliphatic rings. The number of carbonyl (C=O) groups excluding carboxylic acids is 2. The quantitative estimate of drug-likeness (QED) is 0.420. The monoisotopic (exact) mass is 252 g/mol. The second-order valence-corrected chi connectivity index (χ2v) is 4.47. The van der Waals surface area contributed by atoms with Gasteiger partial charge in [0.2, 0.25) is 0 Å². The standard InChI is InChI=1S/C9H10Cl2O4/c10-3-5-1-9(7(12)14-5)2-6(4-11)15-8(9)13/h5-6H,1-4H2/t5-,6-,9?/m1/s1. The summed E-state index contributed by atoms with van der Waals surface area (Å²) < 4.78 is 9.99. The van der Waals surface area contributed by atoms with Crippen LogP contribution in [0.5, 0.6) is 0 Å². The Morgan fingerprint density at radius 2 is 1.47 bits per heavy atom. The fraction of sp³-hybridized carbons (Fsp3) is 0.778. The van der Waals surface area contributed by atoms with Crippen LogP contribution in [0, 0.1) is 5.41 Å². The third-order valence-electron chi connectivity index (χ3n) is 2.83. The molecule has 0 N–H and O–H groups in total. The van der Waals surface area contributed by atoms with Gasteiger partial charge < -0.3 is 9.47 Å². The van der Waals surface area contributed by atoms with Gasteiger partial charge >= 0.3 is 11.9 Å². The lowest BCUT2D eigenvalue weighted by molar-refractivity contribution is -0.158. The Balaban J connectivity index is 2.20. The Labute approximate surface area is 96.8 Å². The molecule has 2 aliphatic heterocycles. The number of hydrogen-bond donors (Lipinski definition) is 0. The van der Waals surface area contributed by atoms with Crippen molar-refractivity contribution in [2.75, 3.05) is 11.8 Å². The van der Waals surface area contributed by atoms with Crippen LogP contribution in [-0.2, 0) is 19.1 Å². The van der Waals surface area contributed by atoms with Crippen molar-refractivity contribution in [3.63, 3.8) is 0 Å². The van der Waals surface area contributed by atoms with Gasteiger partial charge in [0.1, 0.15) is 12.2 Å². The van der Waals surface area contributed by atoms with E-state index in [1.54, 1.807) is 0 Å². The van der Waals surface area contributed by atoms with E-state index in [-0.39, 0.29) is 24.0 Å². The highest BCUT2D eigenvalue weighted by Crippen LogP contribution is 2.45. The second-order valence-electron chi connectivity index (χ2n) is 3.85. The number of halogens is 2. The predicted octanol–water partition coefficient (Wildman–Crippen LogP) is 1.08. The number of rotatable bonds is 2. The van der Waals surface area contributed by atoms with Crippen LogP contribution >= 0.6 is 23.2 Å². The minimum absolute atomic E-state index is 0.201. The van der Waals surface area contributed by atoms with Gasteiger partial charge in [-0.1, -0.05) is 0 Å². The van der Waals surface area contributed by atoms with Crippen LogP contribution in [0.2, 0.25) is 0 Å². The molecule has 0 bridgehead atoms. The molecule has 2 rings (SSSR count). The molecule has 2 heterocycles. The molecule has 15 heavy (non-hydrogen) atoms. The van der Waals surface area contributed by atoms with Crippen LogP contribution in [0.25, 0.3) is 0 Å². The van der Waals surface area contributed by atoms with Crippen LogP contribution in [-0.4, -0.2) is 35.9 Å². The molecule has 0 aromatic carbocycles. The summed E-state index contributed by atoms with van der Waals surface area (Å²) in [5.74, 6) is -0.643. The van der Waals surface area contributed by atoms with Crippen LogP contribution < -0.4 is 0 Å². The average molecular weight is 253 g/mol. The zero-order valence-corrected chi connectivity index (χ0v) is 9.38. The van der Waals surface area contributed by atoms with Crippen LogP contribution in [0.1, 0.15) is 12.8 Å². The maximum Gasteiger partial charge on any atom is 0.324 e. The van der Waals surface area contributed by atoms with E-state index in [0.29, 0.717) is 12.8 Å². The molecule has 2 saturated heterocycles. The van der Waals surface area contributed by atoms with Crippen molar-refractivity contribution in [1.29, 1.82) is 0 Å². The van der Waals surface area contributed by atoms with Gasteiger partial charge in [-0.3, -0.25) is 9.59 Å². The fourth-order valence-corrected chi connectivity index (χ4v) is 2.41. The molecule has 0 aromatic rings. The first-order valence-corrected chi connectivity index (χ1v) is 5.73. The molecule has 0 unspecified atom stereocenters. The maximum absolute atomic E-state index is 11.6. The van der Waals surface area contributed by atoms with Gasteiger partial charge in [0, 0.05) is 12.8 Å². The first-order valence-electron chi connectivity index (χ1n) is 4.66. The molecule has 0 saturated carbocycles. The zero-order chi connectivity index (χ0) is 11.1. The molecule has 84 valence electrons. The number of esters is 2. The molecule has 0 aromatic heterocycles. The second kappa shape index (κ2) is 3.83. The average Bonchev–Trinajstić information content (AvgIpc) is 2.71. The Hall–Kier alpha value is -0.480. The van der Waals surface area contributed by atoms with Gasteiger partial charge in [-0.15, -0.1) is 23.2 Å². The van der Waals surface area contributed by atoms with E-state index in [2.05, 4.69) is 0 Å². The van der Waals surface area contributed by atoms with Gasteiger partial charge in [-0.2, -0.15) is 0 Å². The third kappa shape index (κ3) is 1.60. The lowest BCUT2D eigenvalue weighted by atomic mass is 9.82. The van der Waals surface area contributed by atoms with Gasteiger partial charge in [0.15, 0.2) is 5.41 Å². The van der Waals surface area contributed by atoms with Crippen molar-refractivity contribution in [2.45, 2.75) is 25.0 Å².